The average molecular weight is 230 g/mol. The van der Waals surface area contributed by atoms with Gasteiger partial charge in [0.05, 0.1) is 6.54 Å². The number of rotatable bonds is 3. The highest BCUT2D eigenvalue weighted by Crippen LogP contribution is 2.31. The largest absolute Gasteiger partial charge is 0.278 e. The van der Waals surface area contributed by atoms with Crippen molar-refractivity contribution in [2.45, 2.75) is 26.7 Å². The van der Waals surface area contributed by atoms with Crippen molar-refractivity contribution in [3.8, 4) is 0 Å². The van der Waals surface area contributed by atoms with Gasteiger partial charge in [-0.3, -0.25) is 14.5 Å². The number of likely N-dealkylation sites (tertiary alicyclic amines) is 1. The van der Waals surface area contributed by atoms with Crippen LogP contribution in [0.3, 0.4) is 0 Å². The fraction of sp³-hybridized carbons (Fsp3) is 0.636. The molecule has 0 N–H and O–H groups in total. The minimum atomic E-state index is -0.215. The summed E-state index contributed by atoms with van der Waals surface area (Å²) in [5.74, 6) is 0.0329. The van der Waals surface area contributed by atoms with Gasteiger partial charge in [-0.15, -0.1) is 11.6 Å². The fourth-order valence-corrected chi connectivity index (χ4v) is 1.74. The van der Waals surface area contributed by atoms with E-state index in [2.05, 4.69) is 6.58 Å². The molecule has 1 saturated heterocycles. The van der Waals surface area contributed by atoms with Crippen LogP contribution >= 0.6 is 11.6 Å². The molecule has 0 aromatic carbocycles. The van der Waals surface area contributed by atoms with Crippen LogP contribution in [-0.2, 0) is 9.59 Å². The average Bonchev–Trinajstić information content (AvgIpc) is 2.09. The van der Waals surface area contributed by atoms with E-state index in [9.17, 15) is 9.59 Å². The molecule has 0 atom stereocenters. The van der Waals surface area contributed by atoms with Crippen LogP contribution in [0.5, 0.6) is 0 Å². The number of imide groups is 1. The first-order valence-corrected chi connectivity index (χ1v) is 5.45. The number of amides is 2. The molecule has 1 rings (SSSR count). The molecule has 15 heavy (non-hydrogen) atoms. The first kappa shape index (κ1) is 12.2. The molecular formula is C11H16ClNO2. The number of carbonyl (C=O) groups is 2. The van der Waals surface area contributed by atoms with Gasteiger partial charge in [-0.1, -0.05) is 20.4 Å². The van der Waals surface area contributed by atoms with Crippen molar-refractivity contribution in [3.63, 3.8) is 0 Å². The van der Waals surface area contributed by atoms with E-state index in [1.165, 1.54) is 4.90 Å². The number of nitrogens with zero attached hydrogens (tertiary/aromatic N) is 1. The maximum atomic E-state index is 11.7. The number of hydrogen-bond acceptors (Lipinski definition) is 2. The van der Waals surface area contributed by atoms with E-state index in [0.29, 0.717) is 18.4 Å². The summed E-state index contributed by atoms with van der Waals surface area (Å²) in [6, 6.07) is 0. The molecule has 1 aliphatic heterocycles. The second kappa shape index (κ2) is 4.35. The van der Waals surface area contributed by atoms with E-state index >= 15 is 0 Å². The Bertz CT molecular complexity index is 290. The standard InChI is InChI=1S/C11H16ClNO2/c1-8(6-12)7-13-9(14)4-11(2,3)5-10(13)15/h1,4-7H2,2-3H3. The Morgan fingerprint density at radius 1 is 1.40 bits per heavy atom. The topological polar surface area (TPSA) is 37.4 Å². The number of halogens is 1. The Morgan fingerprint density at radius 2 is 1.87 bits per heavy atom. The zero-order chi connectivity index (χ0) is 11.6. The van der Waals surface area contributed by atoms with Crippen molar-refractivity contribution >= 4 is 23.4 Å². The molecule has 4 heteroatoms. The van der Waals surface area contributed by atoms with E-state index < -0.39 is 0 Å². The maximum Gasteiger partial charge on any atom is 0.230 e. The summed E-state index contributed by atoms with van der Waals surface area (Å²) in [7, 11) is 0. The third kappa shape index (κ3) is 3.06. The van der Waals surface area contributed by atoms with Gasteiger partial charge in [0, 0.05) is 18.7 Å². The number of carbonyl (C=O) groups excluding carboxylic acids is 2. The molecular weight excluding hydrogens is 214 g/mol. The molecule has 0 unspecified atom stereocenters. The van der Waals surface area contributed by atoms with Crippen molar-refractivity contribution in [1.82, 2.24) is 4.90 Å². The zero-order valence-electron chi connectivity index (χ0n) is 9.18. The van der Waals surface area contributed by atoms with Crippen molar-refractivity contribution in [2.24, 2.45) is 5.41 Å². The van der Waals surface area contributed by atoms with E-state index in [0.717, 1.165) is 0 Å². The smallest absolute Gasteiger partial charge is 0.230 e. The highest BCUT2D eigenvalue weighted by atomic mass is 35.5. The van der Waals surface area contributed by atoms with Crippen LogP contribution in [0.4, 0.5) is 0 Å². The molecule has 3 nitrogen and oxygen atoms in total. The quantitative estimate of drug-likeness (QED) is 0.422. The van der Waals surface area contributed by atoms with Crippen molar-refractivity contribution in [3.05, 3.63) is 12.2 Å². The van der Waals surface area contributed by atoms with Crippen molar-refractivity contribution < 1.29 is 9.59 Å². The SMILES string of the molecule is C=C(CCl)CN1C(=O)CC(C)(C)CC1=O. The molecule has 0 bridgehead atoms. The molecule has 1 heterocycles. The number of alkyl halides is 1. The van der Waals surface area contributed by atoms with E-state index in [1.807, 2.05) is 13.8 Å². The van der Waals surface area contributed by atoms with Crippen LogP contribution in [0.25, 0.3) is 0 Å². The molecule has 2 amide bonds. The van der Waals surface area contributed by atoms with E-state index in [1.54, 1.807) is 0 Å². The molecule has 1 fully saturated rings. The lowest BCUT2D eigenvalue weighted by Gasteiger charge is -2.34. The van der Waals surface area contributed by atoms with Crippen LogP contribution in [0.15, 0.2) is 12.2 Å². The van der Waals surface area contributed by atoms with Gasteiger partial charge in [0.15, 0.2) is 0 Å². The number of piperidine rings is 1. The van der Waals surface area contributed by atoms with Gasteiger partial charge in [0.25, 0.3) is 0 Å². The van der Waals surface area contributed by atoms with E-state index in [-0.39, 0.29) is 29.7 Å². The minimum Gasteiger partial charge on any atom is -0.278 e. The van der Waals surface area contributed by atoms with Crippen molar-refractivity contribution in [2.75, 3.05) is 12.4 Å². The Morgan fingerprint density at radius 3 is 2.27 bits per heavy atom. The van der Waals surface area contributed by atoms with Gasteiger partial charge in [-0.25, -0.2) is 0 Å². The molecule has 0 spiro atoms. The molecule has 0 aromatic rings. The zero-order valence-corrected chi connectivity index (χ0v) is 9.93. The summed E-state index contributed by atoms with van der Waals surface area (Å²) >= 11 is 5.57. The third-order valence-corrected chi connectivity index (χ3v) is 2.81. The highest BCUT2D eigenvalue weighted by molar-refractivity contribution is 6.19. The Hall–Kier alpha value is -0.830. The number of hydrogen-bond donors (Lipinski definition) is 0. The lowest BCUT2D eigenvalue weighted by Crippen LogP contribution is -2.46. The third-order valence-electron chi connectivity index (χ3n) is 2.43. The van der Waals surface area contributed by atoms with Gasteiger partial charge in [-0.2, -0.15) is 0 Å². The monoisotopic (exact) mass is 229 g/mol. The van der Waals surface area contributed by atoms with Gasteiger partial charge >= 0.3 is 0 Å². The van der Waals surface area contributed by atoms with Crippen LogP contribution < -0.4 is 0 Å². The molecule has 84 valence electrons. The van der Waals surface area contributed by atoms with Gasteiger partial charge in [0.1, 0.15) is 0 Å². The minimum absolute atomic E-state index is 0.123. The van der Waals surface area contributed by atoms with Gasteiger partial charge in [-0.05, 0) is 11.0 Å². The lowest BCUT2D eigenvalue weighted by molar-refractivity contribution is -0.151. The molecule has 0 radical (unpaired) electrons. The predicted molar refractivity (Wildman–Crippen MR) is 59.6 cm³/mol. The highest BCUT2D eigenvalue weighted by Gasteiger charge is 2.37. The molecule has 0 aliphatic carbocycles. The normalized spacial score (nSPS) is 20.6. The molecule has 1 aliphatic rings. The first-order valence-electron chi connectivity index (χ1n) is 4.91. The summed E-state index contributed by atoms with van der Waals surface area (Å²) in [5, 5.41) is 0. The van der Waals surface area contributed by atoms with Gasteiger partial charge < -0.3 is 0 Å². The summed E-state index contributed by atoms with van der Waals surface area (Å²) in [4.78, 5) is 24.6. The summed E-state index contributed by atoms with van der Waals surface area (Å²) in [5.41, 5.74) is 0.477. The van der Waals surface area contributed by atoms with Crippen LogP contribution in [0.2, 0.25) is 0 Å². The lowest BCUT2D eigenvalue weighted by atomic mass is 9.81. The summed E-state index contributed by atoms with van der Waals surface area (Å²) < 4.78 is 0. The van der Waals surface area contributed by atoms with Crippen LogP contribution in [0.1, 0.15) is 26.7 Å². The Balaban J connectivity index is 2.71. The fourth-order valence-electron chi connectivity index (χ4n) is 1.65. The van der Waals surface area contributed by atoms with Gasteiger partial charge in [0.2, 0.25) is 11.8 Å². The Kier molecular flexibility index (Phi) is 3.55. The summed E-state index contributed by atoms with van der Waals surface area (Å²) in [6.07, 6.45) is 0.822. The maximum absolute atomic E-state index is 11.7. The summed E-state index contributed by atoms with van der Waals surface area (Å²) in [6.45, 7) is 7.81. The molecule has 0 aromatic heterocycles. The first-order chi connectivity index (χ1) is 6.85. The van der Waals surface area contributed by atoms with Crippen LogP contribution in [0, 0.1) is 5.41 Å². The second-order valence-electron chi connectivity index (χ2n) is 4.78. The van der Waals surface area contributed by atoms with E-state index in [4.69, 9.17) is 11.6 Å². The Labute approximate surface area is 95.1 Å². The van der Waals surface area contributed by atoms with Crippen LogP contribution in [-0.4, -0.2) is 29.1 Å². The van der Waals surface area contributed by atoms with Crippen molar-refractivity contribution in [1.29, 1.82) is 0 Å². The molecule has 0 saturated carbocycles. The second-order valence-corrected chi connectivity index (χ2v) is 5.04. The predicted octanol–water partition coefficient (Wildman–Crippen LogP) is 1.96.